The van der Waals surface area contributed by atoms with E-state index in [1.54, 1.807) is 24.3 Å². The van der Waals surface area contributed by atoms with E-state index < -0.39 is 13.8 Å². The van der Waals surface area contributed by atoms with Crippen molar-refractivity contribution in [1.29, 1.82) is 0 Å². The van der Waals surface area contributed by atoms with E-state index in [1.165, 1.54) is 0 Å². The van der Waals surface area contributed by atoms with Gasteiger partial charge < -0.3 is 0 Å². The Morgan fingerprint density at radius 2 is 1.72 bits per heavy atom. The van der Waals surface area contributed by atoms with Crippen LogP contribution in [-0.4, -0.2) is 24.2 Å². The minimum Gasteiger partial charge on any atom is -0.212 e. The van der Waals surface area contributed by atoms with Gasteiger partial charge in [0.25, 0.3) is 0 Å². The molecule has 0 bridgehead atoms. The van der Waals surface area contributed by atoms with Gasteiger partial charge in [0.1, 0.15) is 0 Å². The third kappa shape index (κ3) is 5.63. The van der Waals surface area contributed by atoms with Crippen LogP contribution in [0.25, 0.3) is 0 Å². The van der Waals surface area contributed by atoms with Gasteiger partial charge in [-0.2, -0.15) is 0 Å². The molecule has 0 aliphatic carbocycles. The molecule has 0 heterocycles. The van der Waals surface area contributed by atoms with Crippen LogP contribution in [0.1, 0.15) is 0 Å². The number of hydrogen-bond acceptors (Lipinski definition) is 3. The lowest BCUT2D eigenvalue weighted by atomic mass is 10.3. The van der Waals surface area contributed by atoms with Crippen molar-refractivity contribution in [2.45, 2.75) is 3.79 Å². The molecule has 0 spiro atoms. The maximum absolute atomic E-state index is 11.7. The Hall–Kier alpha value is 0.480. The lowest BCUT2D eigenvalue weighted by Crippen LogP contribution is -2.25. The van der Waals surface area contributed by atoms with Gasteiger partial charge in [0.2, 0.25) is 13.8 Å². The van der Waals surface area contributed by atoms with E-state index in [9.17, 15) is 8.42 Å². The Labute approximate surface area is 131 Å². The lowest BCUT2D eigenvalue weighted by molar-refractivity contribution is 0.604. The van der Waals surface area contributed by atoms with Crippen LogP contribution in [-0.2, 0) is 10.0 Å². The normalized spacial score (nSPS) is 12.5. The molecule has 0 aliphatic heterocycles. The van der Waals surface area contributed by atoms with E-state index in [1.807, 2.05) is 0 Å². The molecule has 1 aromatic carbocycles. The van der Waals surface area contributed by atoms with Gasteiger partial charge >= 0.3 is 0 Å². The highest BCUT2D eigenvalue weighted by Crippen LogP contribution is 2.35. The second-order valence-electron chi connectivity index (χ2n) is 3.36. The van der Waals surface area contributed by atoms with E-state index in [2.05, 4.69) is 0 Å². The van der Waals surface area contributed by atoms with Gasteiger partial charge in [-0.25, -0.2) is 12.1 Å². The van der Waals surface area contributed by atoms with Crippen molar-refractivity contribution in [3.63, 3.8) is 0 Å². The van der Waals surface area contributed by atoms with Gasteiger partial charge in [0.05, 0.1) is 17.7 Å². The fourth-order valence-corrected chi connectivity index (χ4v) is 3.58. The first-order valence-corrected chi connectivity index (χ1v) is 8.85. The zero-order valence-corrected chi connectivity index (χ0v) is 13.8. The fourth-order valence-electron chi connectivity index (χ4n) is 1.06. The molecule has 0 atom stereocenters. The highest BCUT2D eigenvalue weighted by atomic mass is 35.6. The van der Waals surface area contributed by atoms with Crippen molar-refractivity contribution in [3.05, 3.63) is 29.3 Å². The highest BCUT2D eigenvalue weighted by Gasteiger charge is 2.26. The smallest absolute Gasteiger partial charge is 0.212 e. The largest absolute Gasteiger partial charge is 0.241 e. The van der Waals surface area contributed by atoms with Crippen LogP contribution in [0.3, 0.4) is 0 Å². The molecule has 1 aromatic rings. The molecule has 18 heavy (non-hydrogen) atoms. The summed E-state index contributed by atoms with van der Waals surface area (Å²) in [6.07, 6.45) is 1.08. The van der Waals surface area contributed by atoms with E-state index in [0.717, 1.165) is 21.9 Å². The average Bonchev–Trinajstić information content (AvgIpc) is 2.17. The number of alkyl halides is 3. The number of nitrogens with zero attached hydrogens (tertiary/aromatic N) is 1. The Balaban J connectivity index is 2.97. The summed E-state index contributed by atoms with van der Waals surface area (Å²) in [5.74, 6) is 0.00730. The Morgan fingerprint density at radius 1 is 1.22 bits per heavy atom. The summed E-state index contributed by atoms with van der Waals surface area (Å²) in [5, 5.41) is 0.513. The maximum atomic E-state index is 11.7. The SMILES string of the molecule is CS(=O)(=O)N(SCC(Cl)(Cl)Cl)c1ccc(Cl)cc1. The summed E-state index contributed by atoms with van der Waals surface area (Å²) in [4.78, 5) is 0. The first kappa shape index (κ1) is 16.5. The molecule has 102 valence electrons. The first-order chi connectivity index (χ1) is 8.09. The molecule has 0 aliphatic rings. The van der Waals surface area contributed by atoms with E-state index in [4.69, 9.17) is 46.4 Å². The fraction of sp³-hybridized carbons (Fsp3) is 0.333. The summed E-state index contributed by atoms with van der Waals surface area (Å²) in [7, 11) is -3.48. The lowest BCUT2D eigenvalue weighted by Gasteiger charge is -2.22. The van der Waals surface area contributed by atoms with Gasteiger partial charge in [-0.1, -0.05) is 46.4 Å². The van der Waals surface area contributed by atoms with Crippen molar-refractivity contribution < 1.29 is 8.42 Å². The van der Waals surface area contributed by atoms with Crippen LogP contribution in [0.2, 0.25) is 5.02 Å². The third-order valence-electron chi connectivity index (χ3n) is 1.68. The summed E-state index contributed by atoms with van der Waals surface area (Å²) in [5.41, 5.74) is 0.446. The first-order valence-electron chi connectivity index (χ1n) is 4.55. The van der Waals surface area contributed by atoms with E-state index in [0.29, 0.717) is 10.7 Å². The highest BCUT2D eigenvalue weighted by molar-refractivity contribution is 8.14. The molecular weight excluding hydrogens is 360 g/mol. The van der Waals surface area contributed by atoms with Crippen LogP contribution < -0.4 is 3.71 Å². The zero-order chi connectivity index (χ0) is 14.0. The molecular formula is C9H9Cl4NO2S2. The third-order valence-corrected chi connectivity index (χ3v) is 5.76. The molecule has 0 fully saturated rings. The minimum absolute atomic E-state index is 0.00730. The standard InChI is InChI=1S/C9H9Cl4NO2S2/c1-18(15,16)14(17-6-9(11,12)13)8-4-2-7(10)3-5-8/h2-5H,6H2,1H3. The van der Waals surface area contributed by atoms with Crippen LogP contribution in [0.5, 0.6) is 0 Å². The van der Waals surface area contributed by atoms with E-state index in [-0.39, 0.29) is 5.75 Å². The van der Waals surface area contributed by atoms with Gasteiger partial charge in [0.15, 0.2) is 0 Å². The van der Waals surface area contributed by atoms with Gasteiger partial charge in [0, 0.05) is 5.02 Å². The predicted octanol–water partition coefficient (Wildman–Crippen LogP) is 4.12. The second-order valence-corrected chi connectivity index (χ2v) is 9.28. The molecule has 0 N–H and O–H groups in total. The van der Waals surface area contributed by atoms with Gasteiger partial charge in [-0.3, -0.25) is 0 Å². The number of rotatable bonds is 4. The van der Waals surface area contributed by atoms with Crippen molar-refractivity contribution in [1.82, 2.24) is 0 Å². The summed E-state index contributed by atoms with van der Waals surface area (Å²) < 4.78 is 22.9. The Kier molecular flexibility index (Phi) is 5.77. The molecule has 0 amide bonds. The molecule has 1 rings (SSSR count). The predicted molar refractivity (Wildman–Crippen MR) is 81.5 cm³/mol. The number of halogens is 4. The minimum atomic E-state index is -3.48. The number of hydrogen-bond donors (Lipinski definition) is 0. The quantitative estimate of drug-likeness (QED) is 0.592. The zero-order valence-electron chi connectivity index (χ0n) is 9.11. The van der Waals surface area contributed by atoms with Gasteiger partial charge in [-0.05, 0) is 36.2 Å². The number of anilines is 1. The molecule has 9 heteroatoms. The summed E-state index contributed by atoms with van der Waals surface area (Å²) >= 11 is 23.5. The van der Waals surface area contributed by atoms with Crippen molar-refractivity contribution in [3.8, 4) is 0 Å². The van der Waals surface area contributed by atoms with Crippen LogP contribution in [0, 0.1) is 0 Å². The van der Waals surface area contributed by atoms with Crippen LogP contribution in [0.15, 0.2) is 24.3 Å². The summed E-state index contributed by atoms with van der Waals surface area (Å²) in [6, 6.07) is 6.33. The molecule has 0 aromatic heterocycles. The monoisotopic (exact) mass is 367 g/mol. The average molecular weight is 369 g/mol. The maximum Gasteiger partial charge on any atom is 0.241 e. The second kappa shape index (κ2) is 6.29. The number of benzene rings is 1. The molecule has 3 nitrogen and oxygen atoms in total. The van der Waals surface area contributed by atoms with Crippen LogP contribution >= 0.6 is 58.4 Å². The number of sulfonamides is 1. The Morgan fingerprint density at radius 3 is 2.11 bits per heavy atom. The molecule has 0 unspecified atom stereocenters. The van der Waals surface area contributed by atoms with Gasteiger partial charge in [-0.15, -0.1) is 0 Å². The molecule has 0 radical (unpaired) electrons. The Bertz CT molecular complexity index is 498. The topological polar surface area (TPSA) is 37.4 Å². The van der Waals surface area contributed by atoms with E-state index >= 15 is 0 Å². The molecule has 0 saturated heterocycles. The van der Waals surface area contributed by atoms with Crippen molar-refractivity contribution >= 4 is 74.1 Å². The van der Waals surface area contributed by atoms with Crippen molar-refractivity contribution in [2.24, 2.45) is 0 Å². The van der Waals surface area contributed by atoms with Crippen LogP contribution in [0.4, 0.5) is 5.69 Å². The van der Waals surface area contributed by atoms with Crippen molar-refractivity contribution in [2.75, 3.05) is 15.7 Å². The molecule has 0 saturated carbocycles. The summed E-state index contributed by atoms with van der Waals surface area (Å²) in [6.45, 7) is 0.